The van der Waals surface area contributed by atoms with Crippen molar-refractivity contribution in [1.82, 2.24) is 20.6 Å². The Morgan fingerprint density at radius 1 is 1.28 bits per heavy atom. The largest absolute Gasteiger partial charge is 0.356 e. The molecule has 25 heavy (non-hydrogen) atoms. The third kappa shape index (κ3) is 4.60. The van der Waals surface area contributed by atoms with Gasteiger partial charge >= 0.3 is 0 Å². The Hall–Kier alpha value is -1.89. The molecule has 0 radical (unpaired) electrons. The highest BCUT2D eigenvalue weighted by Gasteiger charge is 2.24. The van der Waals surface area contributed by atoms with Crippen molar-refractivity contribution >= 4 is 17.7 Å². The van der Waals surface area contributed by atoms with Gasteiger partial charge in [0, 0.05) is 64.0 Å². The number of carbonyl (C=O) groups excluding carboxylic acids is 1. The fourth-order valence-electron chi connectivity index (χ4n) is 3.46. The van der Waals surface area contributed by atoms with E-state index in [2.05, 4.69) is 33.5 Å². The first-order valence-electron chi connectivity index (χ1n) is 9.38. The maximum atomic E-state index is 11.3. The Morgan fingerprint density at radius 2 is 2.04 bits per heavy atom. The number of aromatic nitrogens is 2. The smallest absolute Gasteiger partial charge is 0.227 e. The van der Waals surface area contributed by atoms with Gasteiger partial charge in [0.05, 0.1) is 0 Å². The van der Waals surface area contributed by atoms with Crippen molar-refractivity contribution in [3.05, 3.63) is 11.8 Å². The molecule has 2 N–H and O–H groups in total. The molecule has 7 nitrogen and oxygen atoms in total. The van der Waals surface area contributed by atoms with Crippen LogP contribution >= 0.6 is 0 Å². The zero-order chi connectivity index (χ0) is 17.8. The molecule has 138 valence electrons. The molecule has 7 heteroatoms. The van der Waals surface area contributed by atoms with Crippen molar-refractivity contribution in [1.29, 1.82) is 0 Å². The van der Waals surface area contributed by atoms with Gasteiger partial charge in [0.1, 0.15) is 5.82 Å². The Kier molecular flexibility index (Phi) is 5.73. The number of carbonyl (C=O) groups is 1. The maximum Gasteiger partial charge on any atom is 0.227 e. The fourth-order valence-corrected chi connectivity index (χ4v) is 3.46. The third-order valence-corrected chi connectivity index (χ3v) is 5.07. The van der Waals surface area contributed by atoms with E-state index in [4.69, 9.17) is 4.98 Å². The minimum Gasteiger partial charge on any atom is -0.356 e. The summed E-state index contributed by atoms with van der Waals surface area (Å²) in [5.74, 6) is 2.01. The first kappa shape index (κ1) is 17.9. The van der Waals surface area contributed by atoms with Crippen molar-refractivity contribution < 1.29 is 4.79 Å². The van der Waals surface area contributed by atoms with Crippen molar-refractivity contribution in [3.8, 4) is 0 Å². The average molecular weight is 346 g/mol. The highest BCUT2D eigenvalue weighted by Crippen LogP contribution is 2.21. The van der Waals surface area contributed by atoms with E-state index in [1.807, 2.05) is 19.0 Å². The van der Waals surface area contributed by atoms with E-state index < -0.39 is 0 Å². The summed E-state index contributed by atoms with van der Waals surface area (Å²) in [6.45, 7) is 5.02. The Bertz CT molecular complexity index is 597. The highest BCUT2D eigenvalue weighted by molar-refractivity contribution is 5.78. The monoisotopic (exact) mass is 346 g/mol. The summed E-state index contributed by atoms with van der Waals surface area (Å²) in [7, 11) is 3.97. The molecule has 1 aromatic heterocycles. The van der Waals surface area contributed by atoms with Crippen molar-refractivity contribution in [2.24, 2.45) is 0 Å². The molecule has 2 saturated heterocycles. The van der Waals surface area contributed by atoms with Crippen LogP contribution in [-0.2, 0) is 11.2 Å². The van der Waals surface area contributed by atoms with Gasteiger partial charge in [0.2, 0.25) is 11.9 Å². The van der Waals surface area contributed by atoms with Gasteiger partial charge < -0.3 is 20.4 Å². The SMILES string of the molecule is CCc1cc(N2CCC(NC[C@H]3CCC(=O)N3)CC2)nc(N(C)C)n1. The minimum atomic E-state index is 0.189. The third-order valence-electron chi connectivity index (χ3n) is 5.07. The first-order chi connectivity index (χ1) is 12.0. The van der Waals surface area contributed by atoms with Gasteiger partial charge in [-0.15, -0.1) is 0 Å². The molecule has 0 bridgehead atoms. The molecular weight excluding hydrogens is 316 g/mol. The van der Waals surface area contributed by atoms with Crippen LogP contribution < -0.4 is 20.4 Å². The minimum absolute atomic E-state index is 0.189. The number of piperidine rings is 1. The second-order valence-corrected chi connectivity index (χ2v) is 7.24. The molecule has 3 rings (SSSR count). The van der Waals surface area contributed by atoms with Gasteiger partial charge in [-0.2, -0.15) is 4.98 Å². The summed E-state index contributed by atoms with van der Waals surface area (Å²) >= 11 is 0. The van der Waals surface area contributed by atoms with Crippen molar-refractivity contribution in [2.75, 3.05) is 43.5 Å². The van der Waals surface area contributed by atoms with Crippen LogP contribution in [0.4, 0.5) is 11.8 Å². The number of amides is 1. The lowest BCUT2D eigenvalue weighted by atomic mass is 10.0. The lowest BCUT2D eigenvalue weighted by molar-refractivity contribution is -0.119. The Labute approximate surface area is 150 Å². The van der Waals surface area contributed by atoms with Gasteiger partial charge in [0.25, 0.3) is 0 Å². The van der Waals surface area contributed by atoms with E-state index in [1.165, 1.54) is 0 Å². The summed E-state index contributed by atoms with van der Waals surface area (Å²) in [6.07, 6.45) is 4.75. The zero-order valence-corrected chi connectivity index (χ0v) is 15.6. The predicted molar refractivity (Wildman–Crippen MR) is 100 cm³/mol. The van der Waals surface area contributed by atoms with E-state index in [1.54, 1.807) is 0 Å². The molecule has 3 heterocycles. The molecule has 2 aliphatic rings. The van der Waals surface area contributed by atoms with Crippen molar-refractivity contribution in [2.45, 2.75) is 51.1 Å². The lowest BCUT2D eigenvalue weighted by Crippen LogP contribution is -2.46. The Morgan fingerprint density at radius 3 is 2.64 bits per heavy atom. The van der Waals surface area contributed by atoms with E-state index in [-0.39, 0.29) is 5.91 Å². The molecule has 1 aromatic rings. The number of anilines is 2. The lowest BCUT2D eigenvalue weighted by Gasteiger charge is -2.34. The number of rotatable bonds is 6. The number of aryl methyl sites for hydroxylation is 1. The average Bonchev–Trinajstić information content (AvgIpc) is 3.05. The zero-order valence-electron chi connectivity index (χ0n) is 15.6. The van der Waals surface area contributed by atoms with E-state index in [0.29, 0.717) is 18.5 Å². The first-order valence-corrected chi connectivity index (χ1v) is 9.38. The van der Waals surface area contributed by atoms with Crippen LogP contribution in [0.2, 0.25) is 0 Å². The number of hydrogen-bond donors (Lipinski definition) is 2. The Balaban J connectivity index is 1.53. The highest BCUT2D eigenvalue weighted by atomic mass is 16.1. The summed E-state index contributed by atoms with van der Waals surface area (Å²) in [5.41, 5.74) is 1.09. The molecule has 1 amide bonds. The maximum absolute atomic E-state index is 11.3. The molecular formula is C18H30N6O. The van der Waals surface area contributed by atoms with Crippen LogP contribution in [0.15, 0.2) is 6.07 Å². The van der Waals surface area contributed by atoms with E-state index in [9.17, 15) is 4.79 Å². The summed E-state index contributed by atoms with van der Waals surface area (Å²) in [5, 5.41) is 6.65. The van der Waals surface area contributed by atoms with Gasteiger partial charge in [-0.05, 0) is 25.7 Å². The number of nitrogens with one attached hydrogen (secondary N) is 2. The number of nitrogens with zero attached hydrogens (tertiary/aromatic N) is 4. The van der Waals surface area contributed by atoms with Crippen LogP contribution in [0.3, 0.4) is 0 Å². The number of hydrogen-bond acceptors (Lipinski definition) is 6. The van der Waals surface area contributed by atoms with Crippen LogP contribution in [0.5, 0.6) is 0 Å². The standard InChI is InChI=1S/C18H30N6O/c1-4-13-11-16(22-18(21-13)23(2)3)24-9-7-14(8-10-24)19-12-15-5-6-17(25)20-15/h11,14-15,19H,4-10,12H2,1-3H3,(H,20,25)/t15-/m1/s1. The molecule has 2 fully saturated rings. The van der Waals surface area contributed by atoms with Crippen LogP contribution in [0.25, 0.3) is 0 Å². The molecule has 0 spiro atoms. The topological polar surface area (TPSA) is 73.4 Å². The van der Waals surface area contributed by atoms with Crippen LogP contribution in [0, 0.1) is 0 Å². The molecule has 0 aromatic carbocycles. The molecule has 0 unspecified atom stereocenters. The fraction of sp³-hybridized carbons (Fsp3) is 0.722. The predicted octanol–water partition coefficient (Wildman–Crippen LogP) is 0.942. The van der Waals surface area contributed by atoms with Crippen molar-refractivity contribution in [3.63, 3.8) is 0 Å². The van der Waals surface area contributed by atoms with Gasteiger partial charge in [0.15, 0.2) is 0 Å². The quantitative estimate of drug-likeness (QED) is 0.799. The van der Waals surface area contributed by atoms with Gasteiger partial charge in [-0.3, -0.25) is 4.79 Å². The summed E-state index contributed by atoms with van der Waals surface area (Å²) < 4.78 is 0. The molecule has 0 aliphatic carbocycles. The van der Waals surface area contributed by atoms with E-state index >= 15 is 0 Å². The van der Waals surface area contributed by atoms with E-state index in [0.717, 1.165) is 62.8 Å². The second kappa shape index (κ2) is 7.99. The second-order valence-electron chi connectivity index (χ2n) is 7.24. The summed E-state index contributed by atoms with van der Waals surface area (Å²) in [4.78, 5) is 24.9. The van der Waals surface area contributed by atoms with Crippen LogP contribution in [0.1, 0.15) is 38.3 Å². The van der Waals surface area contributed by atoms with Gasteiger partial charge in [-0.25, -0.2) is 4.98 Å². The molecule has 2 aliphatic heterocycles. The normalized spacial score (nSPS) is 21.5. The van der Waals surface area contributed by atoms with Gasteiger partial charge in [-0.1, -0.05) is 6.92 Å². The summed E-state index contributed by atoms with van der Waals surface area (Å²) in [6, 6.07) is 2.95. The molecule has 1 atom stereocenters. The molecule has 0 saturated carbocycles. The van der Waals surface area contributed by atoms with Crippen LogP contribution in [-0.4, -0.2) is 61.7 Å².